The van der Waals surface area contributed by atoms with Gasteiger partial charge < -0.3 is 19.4 Å². The highest BCUT2D eigenvalue weighted by molar-refractivity contribution is 5.94. The van der Waals surface area contributed by atoms with Crippen LogP contribution >= 0.6 is 0 Å². The molecule has 3 rings (SSSR count). The Morgan fingerprint density at radius 2 is 1.89 bits per heavy atom. The first-order valence-corrected chi connectivity index (χ1v) is 8.71. The summed E-state index contributed by atoms with van der Waals surface area (Å²) in [5, 5.41) is 2.76. The predicted octanol–water partition coefficient (Wildman–Crippen LogP) is 3.60. The summed E-state index contributed by atoms with van der Waals surface area (Å²) in [6.45, 7) is -2.26. The number of carbonyl (C=O) groups is 2. The Morgan fingerprint density at radius 1 is 1.18 bits per heavy atom. The van der Waals surface area contributed by atoms with E-state index in [1.54, 1.807) is 12.1 Å². The van der Waals surface area contributed by atoms with Crippen LogP contribution in [0.3, 0.4) is 0 Å². The Balaban J connectivity index is 1.54. The van der Waals surface area contributed by atoms with E-state index < -0.39 is 25.2 Å². The summed E-state index contributed by atoms with van der Waals surface area (Å²) in [5.41, 5.74) is 0.590. The van der Waals surface area contributed by atoms with Gasteiger partial charge in [-0.05, 0) is 49.2 Å². The molecule has 9 heteroatoms. The van der Waals surface area contributed by atoms with Crippen LogP contribution in [-0.2, 0) is 16.1 Å². The number of halogens is 3. The third-order valence-corrected chi connectivity index (χ3v) is 4.08. The minimum Gasteiger partial charge on any atom is -0.484 e. The molecule has 28 heavy (non-hydrogen) atoms. The monoisotopic (exact) mass is 396 g/mol. The molecule has 150 valence electrons. The number of ether oxygens (including phenoxy) is 1. The lowest BCUT2D eigenvalue weighted by Crippen LogP contribution is -2.40. The zero-order valence-electron chi connectivity index (χ0n) is 14.9. The molecule has 1 aromatic heterocycles. The highest BCUT2D eigenvalue weighted by Crippen LogP contribution is 2.30. The normalized spacial score (nSPS) is 13.8. The SMILES string of the molecule is O=C(Nc1ccc(OCC(=O)N(Cc2ccco2)CC(F)(F)F)cc1)C1CC1. The van der Waals surface area contributed by atoms with Gasteiger partial charge in [0.1, 0.15) is 18.1 Å². The molecule has 1 aliphatic rings. The molecule has 1 heterocycles. The van der Waals surface area contributed by atoms with E-state index in [1.165, 1.54) is 30.5 Å². The highest BCUT2D eigenvalue weighted by Gasteiger charge is 2.33. The van der Waals surface area contributed by atoms with Crippen LogP contribution in [0.2, 0.25) is 0 Å². The summed E-state index contributed by atoms with van der Waals surface area (Å²) < 4.78 is 48.6. The van der Waals surface area contributed by atoms with Crippen molar-refractivity contribution < 1.29 is 31.9 Å². The van der Waals surface area contributed by atoms with Gasteiger partial charge in [0.25, 0.3) is 5.91 Å². The summed E-state index contributed by atoms with van der Waals surface area (Å²) >= 11 is 0. The van der Waals surface area contributed by atoms with Crippen molar-refractivity contribution in [2.24, 2.45) is 5.92 Å². The lowest BCUT2D eigenvalue weighted by Gasteiger charge is -2.23. The Bertz CT molecular complexity index is 800. The zero-order chi connectivity index (χ0) is 20.1. The quantitative estimate of drug-likeness (QED) is 0.740. The van der Waals surface area contributed by atoms with E-state index in [1.807, 2.05) is 0 Å². The molecule has 1 aromatic carbocycles. The van der Waals surface area contributed by atoms with Crippen LogP contribution in [0, 0.1) is 5.92 Å². The molecule has 0 radical (unpaired) electrons. The molecule has 6 nitrogen and oxygen atoms in total. The van der Waals surface area contributed by atoms with Crippen molar-refractivity contribution in [3.05, 3.63) is 48.4 Å². The van der Waals surface area contributed by atoms with Crippen LogP contribution in [0.15, 0.2) is 47.1 Å². The fourth-order valence-electron chi connectivity index (χ4n) is 2.50. The standard InChI is InChI=1S/C19H19F3N2O4/c20-19(21,22)12-24(10-16-2-1-9-27-16)17(25)11-28-15-7-5-14(6-8-15)23-18(26)13-3-4-13/h1-2,5-9,13H,3-4,10-12H2,(H,23,26). The van der Waals surface area contributed by atoms with Gasteiger partial charge in [0.2, 0.25) is 5.91 Å². The minimum absolute atomic E-state index is 0.0374. The molecule has 1 saturated carbocycles. The predicted molar refractivity (Wildman–Crippen MR) is 93.5 cm³/mol. The number of anilines is 1. The van der Waals surface area contributed by atoms with Crippen LogP contribution in [0.25, 0.3) is 0 Å². The van der Waals surface area contributed by atoms with Crippen molar-refractivity contribution in [1.29, 1.82) is 0 Å². The molecule has 2 amide bonds. The number of hydrogen-bond donors (Lipinski definition) is 1. The maximum atomic E-state index is 12.8. The summed E-state index contributed by atoms with van der Waals surface area (Å²) in [7, 11) is 0. The number of hydrogen-bond acceptors (Lipinski definition) is 4. The average Bonchev–Trinajstić information content (AvgIpc) is 3.37. The van der Waals surface area contributed by atoms with Gasteiger partial charge in [0.05, 0.1) is 12.8 Å². The second-order valence-corrected chi connectivity index (χ2v) is 6.52. The van der Waals surface area contributed by atoms with Gasteiger partial charge in [-0.25, -0.2) is 0 Å². The van der Waals surface area contributed by atoms with Gasteiger partial charge in [-0.15, -0.1) is 0 Å². The van der Waals surface area contributed by atoms with Crippen LogP contribution in [0.4, 0.5) is 18.9 Å². The summed E-state index contributed by atoms with van der Waals surface area (Å²) in [4.78, 5) is 24.5. The van der Waals surface area contributed by atoms with Crippen LogP contribution in [0.1, 0.15) is 18.6 Å². The molecule has 0 bridgehead atoms. The number of amides is 2. The lowest BCUT2D eigenvalue weighted by atomic mass is 10.3. The largest absolute Gasteiger partial charge is 0.484 e. The molecule has 1 N–H and O–H groups in total. The number of alkyl halides is 3. The number of nitrogens with zero attached hydrogens (tertiary/aromatic N) is 1. The van der Waals surface area contributed by atoms with Crippen LogP contribution in [0.5, 0.6) is 5.75 Å². The van der Waals surface area contributed by atoms with E-state index in [4.69, 9.17) is 9.15 Å². The molecule has 2 aromatic rings. The number of nitrogens with one attached hydrogen (secondary N) is 1. The third kappa shape index (κ3) is 6.04. The number of rotatable bonds is 8. The van der Waals surface area contributed by atoms with Crippen LogP contribution < -0.4 is 10.1 Å². The fraction of sp³-hybridized carbons (Fsp3) is 0.368. The van der Waals surface area contributed by atoms with E-state index in [-0.39, 0.29) is 24.1 Å². The van der Waals surface area contributed by atoms with Crippen molar-refractivity contribution in [3.8, 4) is 5.75 Å². The van der Waals surface area contributed by atoms with Crippen molar-refractivity contribution in [2.75, 3.05) is 18.5 Å². The summed E-state index contributed by atoms with van der Waals surface area (Å²) in [6, 6.07) is 9.32. The Kier molecular flexibility index (Phi) is 5.91. The minimum atomic E-state index is -4.54. The van der Waals surface area contributed by atoms with E-state index in [2.05, 4.69) is 5.32 Å². The first-order chi connectivity index (χ1) is 13.3. The second kappa shape index (κ2) is 8.37. The molecule has 0 unspecified atom stereocenters. The zero-order valence-corrected chi connectivity index (χ0v) is 14.9. The molecule has 0 atom stereocenters. The van der Waals surface area contributed by atoms with Gasteiger partial charge in [0.15, 0.2) is 6.61 Å². The maximum absolute atomic E-state index is 12.8. The van der Waals surface area contributed by atoms with Crippen molar-refractivity contribution >= 4 is 17.5 Å². The fourth-order valence-corrected chi connectivity index (χ4v) is 2.50. The van der Waals surface area contributed by atoms with Crippen molar-refractivity contribution in [1.82, 2.24) is 4.90 Å². The summed E-state index contributed by atoms with van der Waals surface area (Å²) in [6.07, 6.45) is -1.43. The summed E-state index contributed by atoms with van der Waals surface area (Å²) in [5.74, 6) is -0.234. The van der Waals surface area contributed by atoms with Crippen molar-refractivity contribution in [2.45, 2.75) is 25.6 Å². The number of carbonyl (C=O) groups excluding carboxylic acids is 2. The Morgan fingerprint density at radius 3 is 2.46 bits per heavy atom. The first-order valence-electron chi connectivity index (χ1n) is 8.71. The lowest BCUT2D eigenvalue weighted by molar-refractivity contribution is -0.164. The topological polar surface area (TPSA) is 71.8 Å². The van der Waals surface area contributed by atoms with Gasteiger partial charge in [0, 0.05) is 11.6 Å². The molecular weight excluding hydrogens is 377 g/mol. The second-order valence-electron chi connectivity index (χ2n) is 6.52. The molecule has 1 fully saturated rings. The molecular formula is C19H19F3N2O4. The maximum Gasteiger partial charge on any atom is 0.406 e. The van der Waals surface area contributed by atoms with Gasteiger partial charge in [-0.3, -0.25) is 9.59 Å². The van der Waals surface area contributed by atoms with E-state index >= 15 is 0 Å². The smallest absolute Gasteiger partial charge is 0.406 e. The number of furan rings is 1. The molecule has 0 aliphatic heterocycles. The van der Waals surface area contributed by atoms with E-state index in [0.29, 0.717) is 16.3 Å². The van der Waals surface area contributed by atoms with Crippen molar-refractivity contribution in [3.63, 3.8) is 0 Å². The molecule has 1 aliphatic carbocycles. The van der Waals surface area contributed by atoms with E-state index in [0.717, 1.165) is 12.8 Å². The van der Waals surface area contributed by atoms with Gasteiger partial charge in [-0.2, -0.15) is 13.2 Å². The molecule has 0 spiro atoms. The Labute approximate surface area is 159 Å². The average molecular weight is 396 g/mol. The van der Waals surface area contributed by atoms with Gasteiger partial charge in [-0.1, -0.05) is 0 Å². The van der Waals surface area contributed by atoms with Crippen LogP contribution in [-0.4, -0.2) is 36.0 Å². The van der Waals surface area contributed by atoms with E-state index in [9.17, 15) is 22.8 Å². The van der Waals surface area contributed by atoms with Gasteiger partial charge >= 0.3 is 6.18 Å². The Hall–Kier alpha value is -2.97. The molecule has 0 saturated heterocycles. The third-order valence-electron chi connectivity index (χ3n) is 4.08. The number of benzene rings is 1. The highest BCUT2D eigenvalue weighted by atomic mass is 19.4. The first kappa shape index (κ1) is 19.8.